The van der Waals surface area contributed by atoms with Gasteiger partial charge in [-0.3, -0.25) is 4.79 Å². The molecule has 1 amide bonds. The van der Waals surface area contributed by atoms with Crippen molar-refractivity contribution in [2.24, 2.45) is 0 Å². The van der Waals surface area contributed by atoms with E-state index < -0.39 is 42.3 Å². The molecule has 0 spiro atoms. The molecule has 32 heavy (non-hydrogen) atoms. The maximum Gasteiger partial charge on any atom is 0.435 e. The monoisotopic (exact) mass is 487 g/mol. The number of hydrogen-bond donors (Lipinski definition) is 2. The number of benzene rings is 2. The Morgan fingerprint density at radius 2 is 1.72 bits per heavy atom. The van der Waals surface area contributed by atoms with Gasteiger partial charge >= 0.3 is 12.1 Å². The Labute approximate surface area is 189 Å². The molecule has 1 atom stereocenters. The summed E-state index contributed by atoms with van der Waals surface area (Å²) in [4.78, 5) is 23.9. The van der Waals surface area contributed by atoms with E-state index >= 15 is 0 Å². The van der Waals surface area contributed by atoms with Crippen molar-refractivity contribution >= 4 is 35.1 Å². The number of nitrogens with zero attached hydrogens (tertiary/aromatic N) is 2. The van der Waals surface area contributed by atoms with Crippen molar-refractivity contribution < 1.29 is 32.6 Å². The van der Waals surface area contributed by atoms with Crippen LogP contribution in [0.3, 0.4) is 0 Å². The summed E-state index contributed by atoms with van der Waals surface area (Å²) >= 11 is 12.0. The summed E-state index contributed by atoms with van der Waals surface area (Å²) in [5, 5.41) is 15.4. The summed E-state index contributed by atoms with van der Waals surface area (Å²) in [6.45, 7) is -0.790. The van der Waals surface area contributed by atoms with Crippen LogP contribution in [0.2, 0.25) is 10.0 Å². The molecule has 0 radical (unpaired) electrons. The van der Waals surface area contributed by atoms with Gasteiger partial charge in [-0.15, -0.1) is 0 Å². The number of hydrogen-bond acceptors (Lipinski definition) is 4. The van der Waals surface area contributed by atoms with Crippen LogP contribution in [0.1, 0.15) is 17.3 Å². The Balaban J connectivity index is 1.82. The van der Waals surface area contributed by atoms with Crippen LogP contribution in [0.4, 0.5) is 13.2 Å². The molecular formula is C20H14Cl2F3N3O4. The lowest BCUT2D eigenvalue weighted by Gasteiger charge is -2.16. The normalized spacial score (nSPS) is 12.3. The maximum atomic E-state index is 13.2. The number of carboxylic acids is 1. The van der Waals surface area contributed by atoms with Crippen molar-refractivity contribution in [2.45, 2.75) is 12.2 Å². The molecule has 0 aliphatic heterocycles. The van der Waals surface area contributed by atoms with Crippen molar-refractivity contribution in [2.75, 3.05) is 6.61 Å². The maximum absolute atomic E-state index is 13.2. The van der Waals surface area contributed by atoms with Crippen LogP contribution < -0.4 is 10.1 Å². The number of carbonyl (C=O) groups excluding carboxylic acids is 1. The van der Waals surface area contributed by atoms with Gasteiger partial charge in [-0.25, -0.2) is 4.79 Å². The van der Waals surface area contributed by atoms with Crippen molar-refractivity contribution in [3.05, 3.63) is 75.9 Å². The quantitative estimate of drug-likeness (QED) is 0.511. The Morgan fingerprint density at radius 3 is 2.31 bits per heavy atom. The summed E-state index contributed by atoms with van der Waals surface area (Å²) in [6.07, 6.45) is -4.77. The van der Waals surface area contributed by atoms with Crippen LogP contribution in [-0.4, -0.2) is 33.4 Å². The van der Waals surface area contributed by atoms with Crippen molar-refractivity contribution in [1.29, 1.82) is 0 Å². The highest BCUT2D eigenvalue weighted by molar-refractivity contribution is 6.32. The van der Waals surface area contributed by atoms with E-state index in [4.69, 9.17) is 27.9 Å². The number of nitrogens with one attached hydrogen (secondary N) is 1. The SMILES string of the molecule is O=C(COc1cc(C(F)(F)F)nn1-c1ccccc1Cl)NC(C(=O)O)c1ccccc1Cl. The highest BCUT2D eigenvalue weighted by Crippen LogP contribution is 2.33. The summed E-state index contributed by atoms with van der Waals surface area (Å²) in [5.41, 5.74) is -1.03. The van der Waals surface area contributed by atoms with Crippen molar-refractivity contribution in [3.8, 4) is 11.6 Å². The van der Waals surface area contributed by atoms with E-state index in [1.807, 2.05) is 0 Å². The van der Waals surface area contributed by atoms with Crippen LogP contribution in [0.5, 0.6) is 5.88 Å². The zero-order chi connectivity index (χ0) is 23.5. The van der Waals surface area contributed by atoms with Gasteiger partial charge in [0.15, 0.2) is 18.3 Å². The first-order chi connectivity index (χ1) is 15.1. The fraction of sp³-hybridized carbons (Fsp3) is 0.150. The van der Waals surface area contributed by atoms with Crippen molar-refractivity contribution in [3.63, 3.8) is 0 Å². The Bertz CT molecular complexity index is 1150. The zero-order valence-corrected chi connectivity index (χ0v) is 17.4. The number of aliphatic carboxylic acids is 1. The number of ether oxygens (including phenoxy) is 1. The third kappa shape index (κ3) is 5.32. The summed E-state index contributed by atoms with van der Waals surface area (Å²) in [5.74, 6) is -2.70. The number of aromatic nitrogens is 2. The Hall–Kier alpha value is -3.24. The minimum atomic E-state index is -4.77. The predicted octanol–water partition coefficient (Wildman–Crippen LogP) is 4.52. The molecule has 0 saturated heterocycles. The van der Waals surface area contributed by atoms with Crippen LogP contribution in [0.25, 0.3) is 5.69 Å². The molecule has 12 heteroatoms. The average Bonchev–Trinajstić information content (AvgIpc) is 3.16. The van der Waals surface area contributed by atoms with Crippen LogP contribution in [0.15, 0.2) is 54.6 Å². The van der Waals surface area contributed by atoms with Gasteiger partial charge in [-0.1, -0.05) is 53.5 Å². The molecule has 1 aromatic heterocycles. The number of carboxylic acid groups (broad SMARTS) is 1. The van der Waals surface area contributed by atoms with Gasteiger partial charge in [0, 0.05) is 16.7 Å². The smallest absolute Gasteiger partial charge is 0.435 e. The Morgan fingerprint density at radius 1 is 1.09 bits per heavy atom. The fourth-order valence-corrected chi connectivity index (χ4v) is 3.19. The molecule has 3 rings (SSSR count). The molecule has 1 unspecified atom stereocenters. The fourth-order valence-electron chi connectivity index (χ4n) is 2.73. The molecule has 2 N–H and O–H groups in total. The Kier molecular flexibility index (Phi) is 6.95. The van der Waals surface area contributed by atoms with Crippen molar-refractivity contribution in [1.82, 2.24) is 15.1 Å². The standard InChI is InChI=1S/C20H14Cl2F3N3O4/c21-12-6-2-1-5-11(12)18(19(30)31)26-16(29)10-32-17-9-15(20(23,24)25)27-28(17)14-8-4-3-7-13(14)22/h1-9,18H,10H2,(H,26,29)(H,30,31). The second kappa shape index (κ2) is 9.49. The van der Waals surface area contributed by atoms with Crippen LogP contribution in [0, 0.1) is 0 Å². The highest BCUT2D eigenvalue weighted by Gasteiger charge is 2.36. The topological polar surface area (TPSA) is 93.5 Å². The first-order valence-corrected chi connectivity index (χ1v) is 9.65. The van der Waals surface area contributed by atoms with E-state index in [1.54, 1.807) is 18.2 Å². The molecule has 7 nitrogen and oxygen atoms in total. The van der Waals surface area contributed by atoms with E-state index in [1.165, 1.54) is 30.3 Å². The van der Waals surface area contributed by atoms with E-state index in [2.05, 4.69) is 10.4 Å². The number of halogens is 5. The lowest BCUT2D eigenvalue weighted by molar-refractivity contribution is -0.142. The highest BCUT2D eigenvalue weighted by atomic mass is 35.5. The molecule has 1 heterocycles. The first kappa shape index (κ1) is 23.4. The van der Waals surface area contributed by atoms with Gasteiger partial charge in [0.1, 0.15) is 0 Å². The van der Waals surface area contributed by atoms with Crippen LogP contribution in [-0.2, 0) is 15.8 Å². The lowest BCUT2D eigenvalue weighted by Crippen LogP contribution is -2.37. The van der Waals surface area contributed by atoms with Gasteiger partial charge < -0.3 is 15.2 Å². The van der Waals surface area contributed by atoms with Gasteiger partial charge in [0.2, 0.25) is 5.88 Å². The predicted molar refractivity (Wildman–Crippen MR) is 109 cm³/mol. The number of amides is 1. The first-order valence-electron chi connectivity index (χ1n) is 8.89. The number of carbonyl (C=O) groups is 2. The molecule has 0 bridgehead atoms. The molecule has 0 aliphatic rings. The largest absolute Gasteiger partial charge is 0.479 e. The zero-order valence-electron chi connectivity index (χ0n) is 15.9. The minimum Gasteiger partial charge on any atom is -0.479 e. The average molecular weight is 488 g/mol. The second-order valence-corrected chi connectivity index (χ2v) is 7.19. The van der Waals surface area contributed by atoms with Crippen LogP contribution >= 0.6 is 23.2 Å². The van der Waals surface area contributed by atoms with E-state index in [0.29, 0.717) is 6.07 Å². The molecule has 0 saturated carbocycles. The molecular weight excluding hydrogens is 474 g/mol. The minimum absolute atomic E-state index is 0.0968. The lowest BCUT2D eigenvalue weighted by atomic mass is 10.1. The summed E-state index contributed by atoms with van der Waals surface area (Å²) in [7, 11) is 0. The third-order valence-electron chi connectivity index (χ3n) is 4.17. The van der Waals surface area contributed by atoms with Gasteiger partial charge in [0.05, 0.1) is 10.7 Å². The van der Waals surface area contributed by atoms with Gasteiger partial charge in [0.25, 0.3) is 5.91 Å². The molecule has 168 valence electrons. The number of para-hydroxylation sites is 1. The van der Waals surface area contributed by atoms with E-state index in [0.717, 1.165) is 4.68 Å². The molecule has 3 aromatic rings. The number of rotatable bonds is 7. The van der Waals surface area contributed by atoms with Gasteiger partial charge in [-0.2, -0.15) is 23.0 Å². The third-order valence-corrected chi connectivity index (χ3v) is 4.83. The second-order valence-electron chi connectivity index (χ2n) is 6.38. The number of alkyl halides is 3. The van der Waals surface area contributed by atoms with Gasteiger partial charge in [-0.05, 0) is 18.2 Å². The molecule has 2 aromatic carbocycles. The molecule has 0 fully saturated rings. The van der Waals surface area contributed by atoms with E-state index in [9.17, 15) is 27.9 Å². The summed E-state index contributed by atoms with van der Waals surface area (Å²) < 4.78 is 45.5. The van der Waals surface area contributed by atoms with E-state index in [-0.39, 0.29) is 21.3 Å². The summed E-state index contributed by atoms with van der Waals surface area (Å²) in [6, 6.07) is 11.1. The molecule has 0 aliphatic carbocycles.